The summed E-state index contributed by atoms with van der Waals surface area (Å²) in [7, 11) is 4.94. The zero-order valence-corrected chi connectivity index (χ0v) is 17.5. The maximum Gasteiger partial charge on any atom is 0.203 e. The molecule has 154 valence electrons. The maximum atomic E-state index is 5.64. The zero-order valence-electron chi connectivity index (χ0n) is 17.5. The Morgan fingerprint density at radius 2 is 1.62 bits per heavy atom. The number of nitrogens with zero attached hydrogens (tertiary/aromatic N) is 1. The molecule has 6 nitrogen and oxygen atoms in total. The number of aryl methyl sites for hydroxylation is 1. The van der Waals surface area contributed by atoms with Crippen molar-refractivity contribution in [1.82, 2.24) is 9.88 Å². The van der Waals surface area contributed by atoms with Gasteiger partial charge in [0, 0.05) is 35.2 Å². The van der Waals surface area contributed by atoms with E-state index in [9.17, 15) is 0 Å². The largest absolute Gasteiger partial charge is 0.493 e. The minimum atomic E-state index is 0.0451. The highest BCUT2D eigenvalue weighted by molar-refractivity contribution is 5.85. The molecule has 0 amide bonds. The van der Waals surface area contributed by atoms with Crippen molar-refractivity contribution >= 4 is 10.9 Å². The lowest BCUT2D eigenvalue weighted by molar-refractivity contribution is 0.0240. The van der Waals surface area contributed by atoms with Crippen molar-refractivity contribution in [3.05, 3.63) is 53.2 Å². The van der Waals surface area contributed by atoms with E-state index in [1.54, 1.807) is 21.3 Å². The standard InChI is InChI=1S/C23H28N2O4/c1-15-21(17-7-5-6-8-18(17)24-15)22(25-9-11-29-12-10-25)16-13-19(26-2)23(28-4)20(14-16)27-3/h5-8,13-14,22,24H,9-12H2,1-4H3/t22-/m0/s1. The van der Waals surface area contributed by atoms with Crippen LogP contribution in [-0.2, 0) is 4.74 Å². The van der Waals surface area contributed by atoms with Gasteiger partial charge in [-0.3, -0.25) is 4.90 Å². The highest BCUT2D eigenvalue weighted by Gasteiger charge is 2.30. The summed E-state index contributed by atoms with van der Waals surface area (Å²) < 4.78 is 22.4. The Balaban J connectivity index is 1.93. The second-order valence-electron chi connectivity index (χ2n) is 7.22. The predicted molar refractivity (Wildman–Crippen MR) is 113 cm³/mol. The first-order valence-corrected chi connectivity index (χ1v) is 9.86. The van der Waals surface area contributed by atoms with E-state index < -0.39 is 0 Å². The zero-order chi connectivity index (χ0) is 20.4. The SMILES string of the molecule is COc1cc([C@@H](c2c(C)[nH]c3ccccc23)N2CCOCC2)cc(OC)c1OC. The average Bonchev–Trinajstić information content (AvgIpc) is 3.09. The fourth-order valence-corrected chi connectivity index (χ4v) is 4.31. The van der Waals surface area contributed by atoms with Crippen LogP contribution in [0, 0.1) is 6.92 Å². The highest BCUT2D eigenvalue weighted by Crippen LogP contribution is 2.44. The van der Waals surface area contributed by atoms with Crippen molar-refractivity contribution < 1.29 is 18.9 Å². The topological polar surface area (TPSA) is 56.0 Å². The summed E-state index contributed by atoms with van der Waals surface area (Å²) in [5, 5.41) is 1.23. The smallest absolute Gasteiger partial charge is 0.203 e. The summed E-state index contributed by atoms with van der Waals surface area (Å²) in [5.74, 6) is 1.94. The van der Waals surface area contributed by atoms with E-state index in [-0.39, 0.29) is 6.04 Å². The van der Waals surface area contributed by atoms with Crippen molar-refractivity contribution in [2.45, 2.75) is 13.0 Å². The molecule has 0 saturated carbocycles. The van der Waals surface area contributed by atoms with Crippen LogP contribution in [0.2, 0.25) is 0 Å². The van der Waals surface area contributed by atoms with Crippen LogP contribution in [0.15, 0.2) is 36.4 Å². The van der Waals surface area contributed by atoms with Crippen LogP contribution in [0.5, 0.6) is 17.2 Å². The quantitative estimate of drug-likeness (QED) is 0.684. The van der Waals surface area contributed by atoms with Crippen molar-refractivity contribution in [3.63, 3.8) is 0 Å². The molecule has 1 N–H and O–H groups in total. The summed E-state index contributed by atoms with van der Waals surface area (Å²) in [5.41, 5.74) is 4.69. The minimum absolute atomic E-state index is 0.0451. The maximum absolute atomic E-state index is 5.64. The number of hydrogen-bond acceptors (Lipinski definition) is 5. The molecular weight excluding hydrogens is 368 g/mol. The second kappa shape index (κ2) is 8.35. The Morgan fingerprint density at radius 3 is 2.24 bits per heavy atom. The summed E-state index contributed by atoms with van der Waals surface area (Å²) in [6, 6.07) is 12.6. The van der Waals surface area contributed by atoms with Crippen LogP contribution in [-0.4, -0.2) is 57.5 Å². The molecule has 2 aromatic carbocycles. The van der Waals surface area contributed by atoms with Gasteiger partial charge in [0.05, 0.1) is 40.6 Å². The lowest BCUT2D eigenvalue weighted by Gasteiger charge is -2.35. The molecule has 1 fully saturated rings. The Labute approximate surface area is 171 Å². The van der Waals surface area contributed by atoms with E-state index in [2.05, 4.69) is 53.2 Å². The van der Waals surface area contributed by atoms with E-state index in [4.69, 9.17) is 18.9 Å². The number of aromatic amines is 1. The van der Waals surface area contributed by atoms with E-state index in [1.807, 2.05) is 0 Å². The van der Waals surface area contributed by atoms with Crippen LogP contribution in [0.25, 0.3) is 10.9 Å². The monoisotopic (exact) mass is 396 g/mol. The second-order valence-corrected chi connectivity index (χ2v) is 7.22. The molecule has 0 aliphatic carbocycles. The van der Waals surface area contributed by atoms with Gasteiger partial charge in [-0.2, -0.15) is 0 Å². The molecule has 1 aliphatic rings. The summed E-state index contributed by atoms with van der Waals surface area (Å²) in [4.78, 5) is 6.02. The van der Waals surface area contributed by atoms with Gasteiger partial charge < -0.3 is 23.9 Å². The van der Waals surface area contributed by atoms with Crippen molar-refractivity contribution in [1.29, 1.82) is 0 Å². The fraction of sp³-hybridized carbons (Fsp3) is 0.391. The molecule has 2 heterocycles. The number of H-pyrrole nitrogens is 1. The first-order valence-electron chi connectivity index (χ1n) is 9.86. The van der Waals surface area contributed by atoms with Crippen LogP contribution in [0.3, 0.4) is 0 Å². The average molecular weight is 396 g/mol. The van der Waals surface area contributed by atoms with Crippen LogP contribution in [0.1, 0.15) is 22.9 Å². The third kappa shape index (κ3) is 3.54. The third-order valence-corrected chi connectivity index (χ3v) is 5.63. The molecule has 4 rings (SSSR count). The molecule has 0 radical (unpaired) electrons. The van der Waals surface area contributed by atoms with Crippen LogP contribution in [0.4, 0.5) is 0 Å². The third-order valence-electron chi connectivity index (χ3n) is 5.63. The molecular formula is C23H28N2O4. The minimum Gasteiger partial charge on any atom is -0.493 e. The van der Waals surface area contributed by atoms with E-state index in [0.29, 0.717) is 17.2 Å². The van der Waals surface area contributed by atoms with Crippen molar-refractivity contribution in [2.24, 2.45) is 0 Å². The van der Waals surface area contributed by atoms with Gasteiger partial charge in [-0.1, -0.05) is 18.2 Å². The van der Waals surface area contributed by atoms with Gasteiger partial charge >= 0.3 is 0 Å². The highest BCUT2D eigenvalue weighted by atomic mass is 16.5. The first kappa shape index (κ1) is 19.6. The number of para-hydroxylation sites is 1. The number of methoxy groups -OCH3 is 3. The molecule has 1 aromatic heterocycles. The van der Waals surface area contributed by atoms with Gasteiger partial charge in [-0.25, -0.2) is 0 Å². The Bertz CT molecular complexity index is 967. The van der Waals surface area contributed by atoms with Crippen LogP contribution >= 0.6 is 0 Å². The van der Waals surface area contributed by atoms with E-state index in [0.717, 1.165) is 43.1 Å². The van der Waals surface area contributed by atoms with E-state index in [1.165, 1.54) is 10.9 Å². The molecule has 3 aromatic rings. The number of hydrogen-bond donors (Lipinski definition) is 1. The molecule has 0 spiro atoms. The van der Waals surface area contributed by atoms with Crippen molar-refractivity contribution in [2.75, 3.05) is 47.6 Å². The lowest BCUT2D eigenvalue weighted by Crippen LogP contribution is -2.39. The van der Waals surface area contributed by atoms with Gasteiger partial charge in [0.15, 0.2) is 11.5 Å². The Kier molecular flexibility index (Phi) is 5.65. The van der Waals surface area contributed by atoms with E-state index >= 15 is 0 Å². The molecule has 1 atom stereocenters. The van der Waals surface area contributed by atoms with Gasteiger partial charge in [-0.15, -0.1) is 0 Å². The lowest BCUT2D eigenvalue weighted by atomic mass is 9.93. The number of ether oxygens (including phenoxy) is 4. The summed E-state index contributed by atoms with van der Waals surface area (Å²) in [6.45, 7) is 5.31. The van der Waals surface area contributed by atoms with Gasteiger partial charge in [0.25, 0.3) is 0 Å². The fourth-order valence-electron chi connectivity index (χ4n) is 4.31. The normalized spacial score (nSPS) is 16.0. The number of morpholine rings is 1. The molecule has 1 saturated heterocycles. The van der Waals surface area contributed by atoms with Crippen molar-refractivity contribution in [3.8, 4) is 17.2 Å². The molecule has 29 heavy (non-hydrogen) atoms. The predicted octanol–water partition coefficient (Wildman–Crippen LogP) is 3.92. The number of benzene rings is 2. The summed E-state index contributed by atoms with van der Waals surface area (Å²) >= 11 is 0. The van der Waals surface area contributed by atoms with Gasteiger partial charge in [0.2, 0.25) is 5.75 Å². The number of rotatable bonds is 6. The molecule has 0 bridgehead atoms. The molecule has 0 unspecified atom stereocenters. The Morgan fingerprint density at radius 1 is 0.966 bits per heavy atom. The summed E-state index contributed by atoms with van der Waals surface area (Å²) in [6.07, 6.45) is 0. The van der Waals surface area contributed by atoms with Gasteiger partial charge in [0.1, 0.15) is 0 Å². The number of fused-ring (bicyclic) bond motifs is 1. The van der Waals surface area contributed by atoms with Crippen LogP contribution < -0.4 is 14.2 Å². The van der Waals surface area contributed by atoms with Gasteiger partial charge in [-0.05, 0) is 30.7 Å². The number of aromatic nitrogens is 1. The molecule has 1 aliphatic heterocycles. The number of nitrogens with one attached hydrogen (secondary N) is 1. The Hall–Kier alpha value is -2.70. The molecule has 6 heteroatoms. The first-order chi connectivity index (χ1) is 14.2.